The molecule has 1 N–H and O–H groups in total. The second-order valence-electron chi connectivity index (χ2n) is 8.97. The highest BCUT2D eigenvalue weighted by Crippen LogP contribution is 2.25. The predicted molar refractivity (Wildman–Crippen MR) is 128 cm³/mol. The van der Waals surface area contributed by atoms with Gasteiger partial charge in [0.05, 0.1) is 11.4 Å². The molecule has 3 heterocycles. The first-order valence-electron chi connectivity index (χ1n) is 11.7. The molecular formula is C24H32N4O5S. The van der Waals surface area contributed by atoms with Gasteiger partial charge in [0.15, 0.2) is 5.76 Å². The van der Waals surface area contributed by atoms with Crippen LogP contribution in [0.3, 0.4) is 0 Å². The van der Waals surface area contributed by atoms with Crippen molar-refractivity contribution in [2.45, 2.75) is 38.0 Å². The van der Waals surface area contributed by atoms with Gasteiger partial charge in [-0.05, 0) is 56.5 Å². The Balaban J connectivity index is 1.33. The standard InChI is InChI=1S/C24H32N4O5S/c1-18-6-8-20(34(31,32)28-10-4-3-5-11-28)16-21(18)25-23(29)17-26-12-14-27(15-13-26)24(30)22-9-7-19(2)33-22/h6-9,16H,3-5,10-15,17H2,1-2H3,(H,25,29). The van der Waals surface area contributed by atoms with Gasteiger partial charge in [0.1, 0.15) is 5.76 Å². The van der Waals surface area contributed by atoms with Crippen molar-refractivity contribution in [1.29, 1.82) is 0 Å². The Morgan fingerprint density at radius 1 is 0.941 bits per heavy atom. The molecule has 0 radical (unpaired) electrons. The van der Waals surface area contributed by atoms with Crippen LogP contribution in [0, 0.1) is 13.8 Å². The Labute approximate surface area is 200 Å². The van der Waals surface area contributed by atoms with Crippen molar-refractivity contribution in [2.24, 2.45) is 0 Å². The maximum Gasteiger partial charge on any atom is 0.289 e. The number of nitrogens with zero attached hydrogens (tertiary/aromatic N) is 3. The highest BCUT2D eigenvalue weighted by molar-refractivity contribution is 7.89. The molecule has 10 heteroatoms. The summed E-state index contributed by atoms with van der Waals surface area (Å²) in [4.78, 5) is 29.2. The fourth-order valence-electron chi connectivity index (χ4n) is 4.36. The molecule has 0 aliphatic carbocycles. The highest BCUT2D eigenvalue weighted by Gasteiger charge is 2.27. The van der Waals surface area contributed by atoms with E-state index < -0.39 is 10.0 Å². The van der Waals surface area contributed by atoms with E-state index in [1.165, 1.54) is 4.31 Å². The van der Waals surface area contributed by atoms with E-state index >= 15 is 0 Å². The molecule has 4 rings (SSSR count). The number of piperazine rings is 1. The lowest BCUT2D eigenvalue weighted by Crippen LogP contribution is -2.50. The summed E-state index contributed by atoms with van der Waals surface area (Å²) in [5.74, 6) is 0.678. The third-order valence-corrected chi connectivity index (χ3v) is 8.31. The van der Waals surface area contributed by atoms with Crippen LogP contribution in [0.15, 0.2) is 39.6 Å². The lowest BCUT2D eigenvalue weighted by molar-refractivity contribution is -0.117. The Bertz CT molecular complexity index is 1150. The zero-order valence-corrected chi connectivity index (χ0v) is 20.6. The van der Waals surface area contributed by atoms with Crippen LogP contribution in [0.5, 0.6) is 0 Å². The number of rotatable bonds is 6. The number of sulfonamides is 1. The third-order valence-electron chi connectivity index (χ3n) is 6.41. The molecule has 9 nitrogen and oxygen atoms in total. The number of amides is 2. The van der Waals surface area contributed by atoms with E-state index in [0.29, 0.717) is 56.5 Å². The second kappa shape index (κ2) is 10.3. The average Bonchev–Trinajstić information content (AvgIpc) is 3.27. The summed E-state index contributed by atoms with van der Waals surface area (Å²) >= 11 is 0. The molecule has 0 spiro atoms. The number of hydrogen-bond donors (Lipinski definition) is 1. The maximum absolute atomic E-state index is 13.0. The van der Waals surface area contributed by atoms with Gasteiger partial charge in [-0.2, -0.15) is 4.31 Å². The van der Waals surface area contributed by atoms with Gasteiger partial charge < -0.3 is 14.6 Å². The first-order chi connectivity index (χ1) is 16.2. The van der Waals surface area contributed by atoms with E-state index in [9.17, 15) is 18.0 Å². The van der Waals surface area contributed by atoms with E-state index in [1.807, 2.05) is 11.8 Å². The summed E-state index contributed by atoms with van der Waals surface area (Å²) in [6.45, 7) is 7.04. The Kier molecular flexibility index (Phi) is 7.39. The molecule has 1 aromatic carbocycles. The van der Waals surface area contributed by atoms with Crippen LogP contribution >= 0.6 is 0 Å². The van der Waals surface area contributed by atoms with Gasteiger partial charge in [0.25, 0.3) is 5.91 Å². The SMILES string of the molecule is Cc1ccc(C(=O)N2CCN(CC(=O)Nc3cc(S(=O)(=O)N4CCCCC4)ccc3C)CC2)o1. The van der Waals surface area contributed by atoms with Crippen LogP contribution in [0.25, 0.3) is 0 Å². The van der Waals surface area contributed by atoms with Crippen LogP contribution in [0.4, 0.5) is 5.69 Å². The monoisotopic (exact) mass is 488 g/mol. The maximum atomic E-state index is 13.0. The van der Waals surface area contributed by atoms with Crippen molar-refractivity contribution in [3.8, 4) is 0 Å². The molecule has 184 valence electrons. The molecule has 0 unspecified atom stereocenters. The minimum Gasteiger partial charge on any atom is -0.456 e. The molecule has 1 aromatic heterocycles. The summed E-state index contributed by atoms with van der Waals surface area (Å²) in [6.07, 6.45) is 2.79. The summed E-state index contributed by atoms with van der Waals surface area (Å²) in [7, 11) is -3.57. The van der Waals surface area contributed by atoms with E-state index in [4.69, 9.17) is 4.42 Å². The summed E-state index contributed by atoms with van der Waals surface area (Å²) in [6, 6.07) is 8.33. The fraction of sp³-hybridized carbons (Fsp3) is 0.500. The number of carbonyl (C=O) groups excluding carboxylic acids is 2. The zero-order valence-electron chi connectivity index (χ0n) is 19.7. The van der Waals surface area contributed by atoms with Crippen LogP contribution in [-0.4, -0.2) is 80.2 Å². The molecule has 2 saturated heterocycles. The van der Waals surface area contributed by atoms with E-state index in [-0.39, 0.29) is 23.3 Å². The molecule has 2 fully saturated rings. The third kappa shape index (κ3) is 5.51. The lowest BCUT2D eigenvalue weighted by Gasteiger charge is -2.33. The molecule has 34 heavy (non-hydrogen) atoms. The number of benzene rings is 1. The molecule has 2 aliphatic heterocycles. The zero-order chi connectivity index (χ0) is 24.3. The number of aryl methyl sites for hydroxylation is 2. The first-order valence-corrected chi connectivity index (χ1v) is 13.2. The van der Waals surface area contributed by atoms with Gasteiger partial charge in [0.2, 0.25) is 15.9 Å². The fourth-order valence-corrected chi connectivity index (χ4v) is 5.90. The molecule has 0 atom stereocenters. The number of piperidine rings is 1. The molecule has 0 bridgehead atoms. The summed E-state index contributed by atoms with van der Waals surface area (Å²) in [5, 5.41) is 2.88. The van der Waals surface area contributed by atoms with Gasteiger partial charge >= 0.3 is 0 Å². The van der Waals surface area contributed by atoms with Crippen molar-refractivity contribution in [3.05, 3.63) is 47.4 Å². The molecule has 2 amide bonds. The van der Waals surface area contributed by atoms with Crippen molar-refractivity contribution < 1.29 is 22.4 Å². The average molecular weight is 489 g/mol. The van der Waals surface area contributed by atoms with Crippen molar-refractivity contribution >= 4 is 27.5 Å². The summed E-state index contributed by atoms with van der Waals surface area (Å²) in [5.41, 5.74) is 1.31. The number of anilines is 1. The van der Waals surface area contributed by atoms with Gasteiger partial charge in [-0.25, -0.2) is 8.42 Å². The van der Waals surface area contributed by atoms with Crippen LogP contribution in [0.1, 0.15) is 41.1 Å². The molecule has 2 aromatic rings. The van der Waals surface area contributed by atoms with Gasteiger partial charge in [-0.15, -0.1) is 0 Å². The number of hydrogen-bond acceptors (Lipinski definition) is 6. The van der Waals surface area contributed by atoms with Crippen molar-refractivity contribution in [1.82, 2.24) is 14.1 Å². The minimum absolute atomic E-state index is 0.139. The van der Waals surface area contributed by atoms with Crippen LogP contribution in [-0.2, 0) is 14.8 Å². The van der Waals surface area contributed by atoms with Crippen molar-refractivity contribution in [3.63, 3.8) is 0 Å². The first kappa shape index (κ1) is 24.4. The topological polar surface area (TPSA) is 103 Å². The lowest BCUT2D eigenvalue weighted by atomic mass is 10.2. The number of carbonyl (C=O) groups is 2. The Morgan fingerprint density at radius 2 is 1.65 bits per heavy atom. The van der Waals surface area contributed by atoms with Gasteiger partial charge in [-0.3, -0.25) is 14.5 Å². The van der Waals surface area contributed by atoms with E-state index in [0.717, 1.165) is 24.8 Å². The van der Waals surface area contributed by atoms with Crippen molar-refractivity contribution in [2.75, 3.05) is 51.1 Å². The van der Waals surface area contributed by atoms with Crippen LogP contribution < -0.4 is 5.32 Å². The second-order valence-corrected chi connectivity index (χ2v) is 10.9. The Morgan fingerprint density at radius 3 is 2.29 bits per heavy atom. The largest absolute Gasteiger partial charge is 0.456 e. The molecule has 0 saturated carbocycles. The predicted octanol–water partition coefficient (Wildman–Crippen LogP) is 2.47. The Hall–Kier alpha value is -2.69. The minimum atomic E-state index is -3.57. The molecule has 2 aliphatic rings. The quantitative estimate of drug-likeness (QED) is 0.670. The number of furan rings is 1. The van der Waals surface area contributed by atoms with Crippen LogP contribution in [0.2, 0.25) is 0 Å². The summed E-state index contributed by atoms with van der Waals surface area (Å²) < 4.78 is 33.0. The van der Waals surface area contributed by atoms with E-state index in [2.05, 4.69) is 5.32 Å². The highest BCUT2D eigenvalue weighted by atomic mass is 32.2. The van der Waals surface area contributed by atoms with Gasteiger partial charge in [0, 0.05) is 45.0 Å². The normalized spacial score (nSPS) is 18.1. The van der Waals surface area contributed by atoms with E-state index in [1.54, 1.807) is 42.2 Å². The number of nitrogens with one attached hydrogen (secondary N) is 1. The smallest absolute Gasteiger partial charge is 0.289 e. The van der Waals surface area contributed by atoms with Gasteiger partial charge in [-0.1, -0.05) is 12.5 Å². The molecular weight excluding hydrogens is 456 g/mol.